The van der Waals surface area contributed by atoms with E-state index in [1.807, 2.05) is 0 Å². The van der Waals surface area contributed by atoms with E-state index in [2.05, 4.69) is 0 Å². The third kappa shape index (κ3) is 18.3. The molecule has 35 valence electrons. The van der Waals surface area contributed by atoms with Crippen molar-refractivity contribution in [3.63, 3.8) is 0 Å². The van der Waals surface area contributed by atoms with Gasteiger partial charge in [0.1, 0.15) is 0 Å². The molecule has 0 aliphatic heterocycles. The first kappa shape index (κ1) is 15.7. The topological polar surface area (TPSA) is 64.1 Å². The van der Waals surface area contributed by atoms with Crippen molar-refractivity contribution in [2.24, 2.45) is 0 Å². The van der Waals surface area contributed by atoms with Crippen molar-refractivity contribution >= 4 is 36.5 Å². The molecular formula is H2AlMgNiO3. The van der Waals surface area contributed by atoms with Gasteiger partial charge in [-0.3, -0.25) is 0 Å². The number of hydrogen-bond acceptors (Lipinski definition) is 3. The molecule has 0 aromatic rings. The van der Waals surface area contributed by atoms with E-state index >= 15 is 0 Å². The predicted octanol–water partition coefficient (Wildman–Crippen LogP) is -1.45. The van der Waals surface area contributed by atoms with Gasteiger partial charge in [0.2, 0.25) is 0 Å². The molecule has 0 aromatic heterocycles. The van der Waals surface area contributed by atoms with Crippen molar-refractivity contribution in [3.05, 3.63) is 0 Å². The monoisotopic (exact) mass is 159 g/mol. The summed E-state index contributed by atoms with van der Waals surface area (Å²) in [4.78, 5) is 0. The Kier molecular flexibility index (Phi) is 42.3. The SMILES string of the molecule is [MgH+].[OH-].[O]=[Al][Ni]=[O]. The van der Waals surface area contributed by atoms with Gasteiger partial charge in [0.05, 0.1) is 0 Å². The summed E-state index contributed by atoms with van der Waals surface area (Å²) in [5.41, 5.74) is 0. The average molecular weight is 160 g/mol. The Balaban J connectivity index is -0.0000000450. The van der Waals surface area contributed by atoms with Crippen LogP contribution in [0.25, 0.3) is 0 Å². The first-order valence-corrected chi connectivity index (χ1v) is 3.50. The molecule has 0 unspecified atom stereocenters. The molecule has 0 aliphatic carbocycles. The molecule has 3 nitrogen and oxygen atoms in total. The molecule has 0 spiro atoms. The Bertz CT molecular complexity index is 31.8. The Morgan fingerprint density at radius 2 is 1.67 bits per heavy atom. The van der Waals surface area contributed by atoms with E-state index in [1.54, 1.807) is 0 Å². The predicted molar refractivity (Wildman–Crippen MR) is 16.2 cm³/mol. The minimum absolute atomic E-state index is 0. The van der Waals surface area contributed by atoms with Gasteiger partial charge < -0.3 is 5.48 Å². The fraction of sp³-hybridized carbons (Fsp3) is 0. The van der Waals surface area contributed by atoms with Crippen molar-refractivity contribution in [1.29, 1.82) is 0 Å². The summed E-state index contributed by atoms with van der Waals surface area (Å²) in [7, 11) is 0. The van der Waals surface area contributed by atoms with E-state index in [1.165, 1.54) is 0 Å². The van der Waals surface area contributed by atoms with Crippen LogP contribution in [0, 0.1) is 0 Å². The summed E-state index contributed by atoms with van der Waals surface area (Å²) >= 11 is -1.09. The molecule has 0 saturated carbocycles. The Morgan fingerprint density at radius 1 is 1.50 bits per heavy atom. The quantitative estimate of drug-likeness (QED) is 0.441. The van der Waals surface area contributed by atoms with Crippen LogP contribution in [0.15, 0.2) is 0 Å². The molecule has 0 radical (unpaired) electrons. The van der Waals surface area contributed by atoms with Crippen LogP contribution in [0.1, 0.15) is 0 Å². The third-order valence-electron chi connectivity index (χ3n) is 0.0304. The standard InChI is InChI=1S/Al.Mg.Ni.H2O.2O.H/h;;;1H2;;;/q;+1;;;;;/p-1. The maximum atomic E-state index is 9.04. The number of hydrogen-bond donors (Lipinski definition) is 0. The molecule has 0 aliphatic rings. The van der Waals surface area contributed by atoms with Gasteiger partial charge in [-0.2, -0.15) is 0 Å². The van der Waals surface area contributed by atoms with Crippen LogP contribution in [-0.2, 0) is 20.2 Å². The normalized spacial score (nSPS) is 4.00. The van der Waals surface area contributed by atoms with Gasteiger partial charge in [0.15, 0.2) is 0 Å². The Hall–Kier alpha value is 1.35. The molecule has 1 N–H and O–H groups in total. The van der Waals surface area contributed by atoms with Crippen LogP contribution >= 0.6 is 0 Å². The second-order valence-electron chi connectivity index (χ2n) is 0.149. The van der Waals surface area contributed by atoms with Crippen LogP contribution < -0.4 is 0 Å². The van der Waals surface area contributed by atoms with Crippen molar-refractivity contribution in [2.45, 2.75) is 0 Å². The molecular weight excluding hydrogens is 158 g/mol. The zero-order chi connectivity index (χ0) is 3.41. The van der Waals surface area contributed by atoms with Crippen molar-refractivity contribution < 1.29 is 25.7 Å². The fourth-order valence-corrected chi connectivity index (χ4v) is 0. The van der Waals surface area contributed by atoms with E-state index in [9.17, 15) is 0 Å². The molecule has 0 amide bonds. The van der Waals surface area contributed by atoms with Crippen LogP contribution in [0.5, 0.6) is 0 Å². The molecule has 0 rings (SSSR count). The van der Waals surface area contributed by atoms with Crippen molar-refractivity contribution in [1.82, 2.24) is 0 Å². The average Bonchev–Trinajstić information content (AvgIpc) is 1.37. The fourth-order valence-electron chi connectivity index (χ4n) is 0. The second-order valence-corrected chi connectivity index (χ2v) is 1.84. The van der Waals surface area contributed by atoms with Gasteiger partial charge in [-0.15, -0.1) is 0 Å². The number of rotatable bonds is 1. The van der Waals surface area contributed by atoms with E-state index in [-0.39, 0.29) is 41.0 Å². The summed E-state index contributed by atoms with van der Waals surface area (Å²) in [5.74, 6) is 0. The molecule has 0 saturated heterocycles. The van der Waals surface area contributed by atoms with Crippen LogP contribution in [0.2, 0.25) is 0 Å². The van der Waals surface area contributed by atoms with E-state index < -0.39 is 13.4 Å². The van der Waals surface area contributed by atoms with Gasteiger partial charge in [-0.05, 0) is 0 Å². The van der Waals surface area contributed by atoms with Crippen LogP contribution in [0.3, 0.4) is 0 Å². The van der Waals surface area contributed by atoms with E-state index in [4.69, 9.17) is 7.70 Å². The van der Waals surface area contributed by atoms with Gasteiger partial charge in [-0.25, -0.2) is 0 Å². The summed E-state index contributed by atoms with van der Waals surface area (Å²) in [6.45, 7) is 0. The first-order chi connectivity index (χ1) is 1.91. The van der Waals surface area contributed by atoms with Gasteiger partial charge in [-0.1, -0.05) is 0 Å². The van der Waals surface area contributed by atoms with E-state index in [0.29, 0.717) is 0 Å². The van der Waals surface area contributed by atoms with Gasteiger partial charge in [0.25, 0.3) is 0 Å². The Morgan fingerprint density at radius 3 is 1.67 bits per heavy atom. The summed E-state index contributed by atoms with van der Waals surface area (Å²) in [5, 5.41) is 0. The van der Waals surface area contributed by atoms with Crippen molar-refractivity contribution in [3.8, 4) is 0 Å². The summed E-state index contributed by atoms with van der Waals surface area (Å²) < 4.78 is 18.0. The molecule has 0 atom stereocenters. The zero-order valence-corrected chi connectivity index (χ0v) is 7.30. The van der Waals surface area contributed by atoms with E-state index in [0.717, 1.165) is 0 Å². The minimum atomic E-state index is -1.09. The molecule has 0 aromatic carbocycles. The Labute approximate surface area is 61.8 Å². The second kappa shape index (κ2) is 16.2. The zero-order valence-electron chi connectivity index (χ0n) is 3.16. The summed E-state index contributed by atoms with van der Waals surface area (Å²) in [6, 6.07) is 0. The first-order valence-electron chi connectivity index (χ1n) is 0.547. The van der Waals surface area contributed by atoms with Crippen LogP contribution in [-0.4, -0.2) is 42.0 Å². The third-order valence-corrected chi connectivity index (χ3v) is 0.376. The molecule has 6 heteroatoms. The van der Waals surface area contributed by atoms with Gasteiger partial charge >= 0.3 is 56.7 Å². The molecule has 0 bridgehead atoms. The molecule has 0 fully saturated rings. The maximum absolute atomic E-state index is 9.04. The van der Waals surface area contributed by atoms with Gasteiger partial charge in [0, 0.05) is 0 Å². The molecule has 0 heterocycles. The van der Waals surface area contributed by atoms with Crippen molar-refractivity contribution in [2.75, 3.05) is 0 Å². The van der Waals surface area contributed by atoms with Crippen LogP contribution in [0.4, 0.5) is 0 Å². The molecule has 6 heavy (non-hydrogen) atoms. The summed E-state index contributed by atoms with van der Waals surface area (Å²) in [6.07, 6.45) is 0.